The minimum atomic E-state index is -4.68. The van der Waals surface area contributed by atoms with Gasteiger partial charge in [-0.2, -0.15) is 26.8 Å². The van der Waals surface area contributed by atoms with Crippen molar-refractivity contribution in [3.63, 3.8) is 0 Å². The van der Waals surface area contributed by atoms with Crippen LogP contribution in [0, 0.1) is 0 Å². The number of sulfonamides is 1. The molecule has 4 aromatic carbocycles. The van der Waals surface area contributed by atoms with E-state index in [-0.39, 0.29) is 38.5 Å². The first kappa shape index (κ1) is 47.0. The van der Waals surface area contributed by atoms with E-state index in [1.54, 1.807) is 41.9 Å². The zero-order chi connectivity index (χ0) is 44.0. The number of hydrogen-bond donors (Lipinski definition) is 3. The maximum atomic E-state index is 13.9. The van der Waals surface area contributed by atoms with Crippen LogP contribution in [0.3, 0.4) is 0 Å². The van der Waals surface area contributed by atoms with Gasteiger partial charge in [0.25, 0.3) is 20.1 Å². The Hall–Kier alpha value is -5.03. The van der Waals surface area contributed by atoms with Gasteiger partial charge in [0.05, 0.1) is 43.4 Å². The zero-order valence-corrected chi connectivity index (χ0v) is 37.1. The topological polar surface area (TPSA) is 198 Å². The first-order chi connectivity index (χ1) is 29.1. The van der Waals surface area contributed by atoms with Crippen LogP contribution in [0.2, 0.25) is 0 Å². The van der Waals surface area contributed by atoms with E-state index in [2.05, 4.69) is 16.9 Å². The van der Waals surface area contributed by atoms with Gasteiger partial charge < -0.3 is 14.4 Å². The van der Waals surface area contributed by atoms with Gasteiger partial charge in [0.2, 0.25) is 9.84 Å². The number of sulfone groups is 1. The highest BCUT2D eigenvalue weighted by Crippen LogP contribution is 2.29. The van der Waals surface area contributed by atoms with E-state index < -0.39 is 45.7 Å². The number of ether oxygens (including phenoxy) is 1. The van der Waals surface area contributed by atoms with Gasteiger partial charge in [-0.1, -0.05) is 121 Å². The normalized spacial score (nSPS) is 12.5. The molecule has 5 rings (SSSR count). The van der Waals surface area contributed by atoms with Crippen LogP contribution in [0.25, 0.3) is 22.2 Å². The van der Waals surface area contributed by atoms with Gasteiger partial charge in [-0.3, -0.25) is 4.55 Å². The molecule has 0 aliphatic carbocycles. The molecule has 0 aliphatic heterocycles. The van der Waals surface area contributed by atoms with Gasteiger partial charge >= 0.3 is 5.97 Å². The molecule has 0 aliphatic rings. The van der Waals surface area contributed by atoms with E-state index in [9.17, 15) is 39.7 Å². The molecule has 61 heavy (non-hydrogen) atoms. The Morgan fingerprint density at radius 1 is 0.672 bits per heavy atom. The monoisotopic (exact) mass is 893 g/mol. The van der Waals surface area contributed by atoms with Crippen LogP contribution < -0.4 is 14.9 Å². The van der Waals surface area contributed by atoms with Gasteiger partial charge in [-0.25, -0.2) is 13.2 Å². The number of fused-ring (bicyclic) bond motifs is 1. The quantitative estimate of drug-likeness (QED) is 0.0305. The summed E-state index contributed by atoms with van der Waals surface area (Å²) in [6.45, 7) is 2.43. The molecule has 0 saturated heterocycles. The van der Waals surface area contributed by atoms with E-state index in [1.807, 2.05) is 0 Å². The number of aromatic nitrogens is 1. The van der Waals surface area contributed by atoms with Crippen molar-refractivity contribution in [2.75, 3.05) is 6.61 Å². The molecule has 0 saturated carbocycles. The van der Waals surface area contributed by atoms with Crippen molar-refractivity contribution in [2.24, 2.45) is 12.1 Å². The third kappa shape index (κ3) is 12.8. The molecule has 328 valence electrons. The number of nitrogens with zero attached hydrogens (tertiary/aromatic N) is 2. The summed E-state index contributed by atoms with van der Waals surface area (Å²) >= 11 is 0. The summed E-state index contributed by atoms with van der Waals surface area (Å²) in [6, 6.07) is 22.8. The van der Waals surface area contributed by atoms with Crippen LogP contribution in [0.1, 0.15) is 107 Å². The molecule has 1 heterocycles. The van der Waals surface area contributed by atoms with Crippen LogP contribution in [-0.4, -0.2) is 52.1 Å². The Morgan fingerprint density at radius 3 is 1.80 bits per heavy atom. The average Bonchev–Trinajstić information content (AvgIpc) is 3.24. The third-order valence-electron chi connectivity index (χ3n) is 10.6. The van der Waals surface area contributed by atoms with Crippen molar-refractivity contribution in [1.82, 2.24) is 9.40 Å². The molecular formula is C45H55N3O10S3. The van der Waals surface area contributed by atoms with E-state index in [0.717, 1.165) is 31.4 Å². The fourth-order valence-electron chi connectivity index (χ4n) is 7.12. The highest BCUT2D eigenvalue weighted by atomic mass is 32.2. The summed E-state index contributed by atoms with van der Waals surface area (Å²) in [5, 5.41) is 14.0. The van der Waals surface area contributed by atoms with Crippen molar-refractivity contribution in [3.05, 3.63) is 108 Å². The Morgan fingerprint density at radius 2 is 1.23 bits per heavy atom. The van der Waals surface area contributed by atoms with Crippen molar-refractivity contribution in [3.8, 4) is 17.0 Å². The summed E-state index contributed by atoms with van der Waals surface area (Å²) in [6.07, 6.45) is 16.5. The molecule has 5 aromatic rings. The molecule has 0 radical (unpaired) electrons. The van der Waals surface area contributed by atoms with Crippen LogP contribution in [0.15, 0.2) is 122 Å². The Bertz CT molecular complexity index is 2680. The Balaban J connectivity index is 1.35. The number of pyridine rings is 1. The van der Waals surface area contributed by atoms with E-state index in [1.165, 1.54) is 119 Å². The summed E-state index contributed by atoms with van der Waals surface area (Å²) in [4.78, 5) is 13.3. The van der Waals surface area contributed by atoms with E-state index in [4.69, 9.17) is 4.74 Å². The van der Waals surface area contributed by atoms with Gasteiger partial charge in [-0.15, -0.1) is 0 Å². The number of aryl methyl sites for hydroxylation is 1. The molecule has 13 nitrogen and oxygen atoms in total. The molecular weight excluding hydrogens is 839 g/mol. The van der Waals surface area contributed by atoms with Crippen LogP contribution in [-0.2, 0) is 37.0 Å². The molecule has 0 unspecified atom stereocenters. The second-order valence-electron chi connectivity index (χ2n) is 15.1. The number of aromatic carboxylic acids is 1. The maximum absolute atomic E-state index is 13.9. The lowest BCUT2D eigenvalue weighted by molar-refractivity contribution is 0.0696. The number of unbranched alkanes of at least 4 members (excludes halogenated alkanes) is 13. The summed E-state index contributed by atoms with van der Waals surface area (Å²) in [7, 11) is -11.4. The minimum absolute atomic E-state index is 0.0484. The smallest absolute Gasteiger partial charge is 0.335 e. The lowest BCUT2D eigenvalue weighted by Crippen LogP contribution is -2.24. The third-order valence-corrected chi connectivity index (χ3v) is 14.4. The number of hydrogen-bond acceptors (Lipinski definition) is 9. The molecule has 0 spiro atoms. The first-order valence-electron chi connectivity index (χ1n) is 20.7. The SMILES string of the molecule is CCCCCCCCCCCCCCCCOc1ccc(C(=O)O)cc1S(=O)(=O)NN=c1cc(-c2ccc(S(=O)(=O)c3ccccc3)cc2)n(C)c2ccc(S(=O)(=O)O)cc12. The van der Waals surface area contributed by atoms with E-state index in [0.29, 0.717) is 23.2 Å². The molecule has 0 amide bonds. The Kier molecular flexibility index (Phi) is 16.7. The zero-order valence-electron chi connectivity index (χ0n) is 34.6. The number of carbonyl (C=O) groups is 1. The van der Waals surface area contributed by atoms with Crippen molar-refractivity contribution in [1.29, 1.82) is 0 Å². The largest absolute Gasteiger partial charge is 0.492 e. The van der Waals surface area contributed by atoms with Gasteiger partial charge in [0, 0.05) is 12.4 Å². The molecule has 1 aromatic heterocycles. The van der Waals surface area contributed by atoms with Crippen molar-refractivity contribution < 1.29 is 44.4 Å². The van der Waals surface area contributed by atoms with Crippen LogP contribution >= 0.6 is 0 Å². The minimum Gasteiger partial charge on any atom is -0.492 e. The Labute approximate surface area is 359 Å². The standard InChI is InChI=1S/C45H55N3O10S3/c1-3-4-5-6-7-8-9-10-11-12-13-14-15-19-30-58-43-29-24-35(45(49)50)31-44(43)60(53,54)47-46-40-33-42(48(2)41-28-27-38(32-39(40)41)61(55,56)57)34-22-25-37(26-23-34)59(51,52)36-20-17-16-18-21-36/h16-18,20-29,31-33,47H,3-15,19,30H2,1-2H3,(H,49,50)(H,55,56,57). The van der Waals surface area contributed by atoms with Crippen molar-refractivity contribution in [2.45, 2.75) is 116 Å². The average molecular weight is 894 g/mol. The van der Waals surface area contributed by atoms with Gasteiger partial charge in [-0.05, 0) is 78.7 Å². The van der Waals surface area contributed by atoms with Gasteiger partial charge in [0.15, 0.2) is 0 Å². The molecule has 0 bridgehead atoms. The number of nitrogens with one attached hydrogen (secondary N) is 1. The molecule has 16 heteroatoms. The lowest BCUT2D eigenvalue weighted by atomic mass is 10.0. The second kappa shape index (κ2) is 21.7. The predicted molar refractivity (Wildman–Crippen MR) is 235 cm³/mol. The number of carboxylic acids is 1. The molecule has 3 N–H and O–H groups in total. The highest BCUT2D eigenvalue weighted by Gasteiger charge is 2.23. The highest BCUT2D eigenvalue weighted by molar-refractivity contribution is 7.91. The van der Waals surface area contributed by atoms with Crippen LogP contribution in [0.4, 0.5) is 0 Å². The summed E-state index contributed by atoms with van der Waals surface area (Å²) in [5.41, 5.74) is 1.05. The van der Waals surface area contributed by atoms with E-state index >= 15 is 0 Å². The lowest BCUT2D eigenvalue weighted by Gasteiger charge is -2.15. The summed E-state index contributed by atoms with van der Waals surface area (Å²) in [5.74, 6) is -1.41. The second-order valence-corrected chi connectivity index (χ2v) is 20.1. The number of rotatable bonds is 24. The first-order valence-corrected chi connectivity index (χ1v) is 25.1. The number of carboxylic acid groups (broad SMARTS) is 1. The van der Waals surface area contributed by atoms with Crippen molar-refractivity contribution >= 4 is 46.9 Å². The van der Waals surface area contributed by atoms with Gasteiger partial charge in [0.1, 0.15) is 10.6 Å². The molecule has 0 fully saturated rings. The maximum Gasteiger partial charge on any atom is 0.335 e. The number of benzene rings is 4. The predicted octanol–water partition coefficient (Wildman–Crippen LogP) is 9.28. The molecule has 0 atom stereocenters. The van der Waals surface area contributed by atoms with Crippen LogP contribution in [0.5, 0.6) is 5.75 Å². The fourth-order valence-corrected chi connectivity index (χ4v) is 9.90. The summed E-state index contributed by atoms with van der Waals surface area (Å²) < 4.78 is 96.1. The fraction of sp³-hybridized carbons (Fsp3) is 0.378.